The second-order valence-electron chi connectivity index (χ2n) is 5.51. The van der Waals surface area contributed by atoms with Gasteiger partial charge in [-0.2, -0.15) is 5.10 Å². The highest BCUT2D eigenvalue weighted by Crippen LogP contribution is 2.19. The molecule has 0 aliphatic rings. The maximum atomic E-state index is 13.4. The van der Waals surface area contributed by atoms with Crippen LogP contribution >= 0.6 is 0 Å². The molecule has 1 heterocycles. The lowest BCUT2D eigenvalue weighted by Gasteiger charge is -2.14. The van der Waals surface area contributed by atoms with E-state index in [1.165, 1.54) is 25.1 Å². The molecule has 2 aromatic rings. The number of ether oxygens (including phenoxy) is 2. The fourth-order valence-electron chi connectivity index (χ4n) is 2.16. The summed E-state index contributed by atoms with van der Waals surface area (Å²) in [5, 5.41) is 6.88. The van der Waals surface area contributed by atoms with Gasteiger partial charge in [-0.1, -0.05) is 12.1 Å². The Labute approximate surface area is 144 Å². The van der Waals surface area contributed by atoms with E-state index in [0.29, 0.717) is 11.4 Å². The lowest BCUT2D eigenvalue weighted by atomic mass is 10.3. The van der Waals surface area contributed by atoms with Crippen LogP contribution in [0.3, 0.4) is 0 Å². The van der Waals surface area contributed by atoms with Crippen LogP contribution in [0.2, 0.25) is 0 Å². The van der Waals surface area contributed by atoms with E-state index in [-0.39, 0.29) is 5.75 Å². The van der Waals surface area contributed by atoms with Crippen molar-refractivity contribution < 1.29 is 23.5 Å². The number of para-hydroxylation sites is 1. The number of carbonyl (C=O) groups is 2. The van der Waals surface area contributed by atoms with Crippen LogP contribution in [0.5, 0.6) is 5.75 Å². The molecular formula is C17H20FN3O4. The number of amides is 1. The maximum absolute atomic E-state index is 13.4. The quantitative estimate of drug-likeness (QED) is 0.808. The summed E-state index contributed by atoms with van der Waals surface area (Å²) in [7, 11) is 1.77. The highest BCUT2D eigenvalue weighted by atomic mass is 19.1. The van der Waals surface area contributed by atoms with Gasteiger partial charge in [0.2, 0.25) is 0 Å². The summed E-state index contributed by atoms with van der Waals surface area (Å²) >= 11 is 0. The van der Waals surface area contributed by atoms with Crippen LogP contribution in [0.4, 0.5) is 10.1 Å². The number of rotatable bonds is 6. The van der Waals surface area contributed by atoms with Crippen LogP contribution in [0.15, 0.2) is 24.3 Å². The van der Waals surface area contributed by atoms with Crippen molar-refractivity contribution in [1.82, 2.24) is 9.78 Å². The Morgan fingerprint density at radius 1 is 1.32 bits per heavy atom. The summed E-state index contributed by atoms with van der Waals surface area (Å²) < 4.78 is 25.1. The number of halogens is 1. The molecule has 1 unspecified atom stereocenters. The number of esters is 1. The first kappa shape index (κ1) is 18.4. The Morgan fingerprint density at radius 3 is 2.60 bits per heavy atom. The predicted molar refractivity (Wildman–Crippen MR) is 88.8 cm³/mol. The van der Waals surface area contributed by atoms with Gasteiger partial charge in [0.1, 0.15) is 0 Å². The van der Waals surface area contributed by atoms with Crippen LogP contribution in [-0.2, 0) is 21.4 Å². The van der Waals surface area contributed by atoms with Gasteiger partial charge in [0.15, 0.2) is 24.3 Å². The van der Waals surface area contributed by atoms with E-state index in [0.717, 1.165) is 5.69 Å². The molecule has 1 amide bonds. The van der Waals surface area contributed by atoms with Gasteiger partial charge in [0, 0.05) is 7.05 Å². The number of hydrogen-bond acceptors (Lipinski definition) is 5. The normalized spacial score (nSPS) is 11.7. The molecule has 0 saturated carbocycles. The first-order valence-electron chi connectivity index (χ1n) is 7.67. The van der Waals surface area contributed by atoms with Crippen LogP contribution in [0.25, 0.3) is 0 Å². The minimum atomic E-state index is -1.03. The van der Waals surface area contributed by atoms with Gasteiger partial charge in [-0.25, -0.2) is 9.18 Å². The lowest BCUT2D eigenvalue weighted by Crippen LogP contribution is -2.32. The average Bonchev–Trinajstić information content (AvgIpc) is 2.80. The predicted octanol–water partition coefficient (Wildman–Crippen LogP) is 2.13. The highest BCUT2D eigenvalue weighted by molar-refractivity contribution is 5.96. The standard InChI is InChI=1S/C17H20FN3O4/c1-10-16(11(2)21(4)20-10)19-17(23)12(3)25-15(22)9-24-14-8-6-5-7-13(14)18/h5-8,12H,9H2,1-4H3,(H,19,23). The summed E-state index contributed by atoms with van der Waals surface area (Å²) in [6, 6.07) is 5.70. The smallest absolute Gasteiger partial charge is 0.344 e. The molecule has 0 bridgehead atoms. The van der Waals surface area contributed by atoms with Crippen molar-refractivity contribution in [2.24, 2.45) is 7.05 Å². The zero-order valence-corrected chi connectivity index (χ0v) is 14.5. The minimum Gasteiger partial charge on any atom is -0.479 e. The van der Waals surface area contributed by atoms with Crippen LogP contribution in [-0.4, -0.2) is 34.4 Å². The summed E-state index contributed by atoms with van der Waals surface area (Å²) in [6.45, 7) is 4.52. The van der Waals surface area contributed by atoms with Crippen LogP contribution in [0, 0.1) is 19.7 Å². The number of aromatic nitrogens is 2. The number of anilines is 1. The van der Waals surface area contributed by atoms with Crippen LogP contribution < -0.4 is 10.1 Å². The number of aryl methyl sites for hydroxylation is 2. The molecule has 0 radical (unpaired) electrons. The van der Waals surface area contributed by atoms with E-state index >= 15 is 0 Å². The van der Waals surface area contributed by atoms with Gasteiger partial charge in [-0.3, -0.25) is 9.48 Å². The number of benzene rings is 1. The minimum absolute atomic E-state index is 0.0573. The number of hydrogen-bond donors (Lipinski definition) is 1. The average molecular weight is 349 g/mol. The summed E-state index contributed by atoms with van der Waals surface area (Å²) in [5.74, 6) is -1.90. The molecule has 1 aromatic carbocycles. The zero-order chi connectivity index (χ0) is 18.6. The van der Waals surface area contributed by atoms with E-state index in [2.05, 4.69) is 10.4 Å². The summed E-state index contributed by atoms with van der Waals surface area (Å²) in [6.07, 6.45) is -1.03. The molecule has 1 N–H and O–H groups in total. The molecule has 0 spiro atoms. The van der Waals surface area contributed by atoms with Crippen LogP contribution in [0.1, 0.15) is 18.3 Å². The fourth-order valence-corrected chi connectivity index (χ4v) is 2.16. The zero-order valence-electron chi connectivity index (χ0n) is 14.5. The monoisotopic (exact) mass is 349 g/mol. The van der Waals surface area contributed by atoms with Crippen molar-refractivity contribution >= 4 is 17.6 Å². The molecular weight excluding hydrogens is 329 g/mol. The lowest BCUT2D eigenvalue weighted by molar-refractivity contribution is -0.155. The molecule has 8 heteroatoms. The molecule has 2 rings (SSSR count). The van der Waals surface area contributed by atoms with Crippen molar-refractivity contribution in [3.8, 4) is 5.75 Å². The fraction of sp³-hybridized carbons (Fsp3) is 0.353. The number of nitrogens with one attached hydrogen (secondary N) is 1. The largest absolute Gasteiger partial charge is 0.479 e. The van der Waals surface area contributed by atoms with Gasteiger partial charge in [-0.15, -0.1) is 0 Å². The summed E-state index contributed by atoms with van der Waals surface area (Å²) in [5.41, 5.74) is 2.03. The Morgan fingerprint density at radius 2 is 2.00 bits per heavy atom. The van der Waals surface area contributed by atoms with Gasteiger partial charge in [0.25, 0.3) is 5.91 Å². The SMILES string of the molecule is Cc1nn(C)c(C)c1NC(=O)C(C)OC(=O)COc1ccccc1F. The Balaban J connectivity index is 1.88. The van der Waals surface area contributed by atoms with Gasteiger partial charge >= 0.3 is 5.97 Å². The van der Waals surface area contributed by atoms with E-state index < -0.39 is 30.4 Å². The van der Waals surface area contributed by atoms with Gasteiger partial charge < -0.3 is 14.8 Å². The second-order valence-corrected chi connectivity index (χ2v) is 5.51. The first-order valence-corrected chi connectivity index (χ1v) is 7.67. The molecule has 7 nitrogen and oxygen atoms in total. The third kappa shape index (κ3) is 4.56. The first-order chi connectivity index (χ1) is 11.8. The molecule has 0 aliphatic carbocycles. The van der Waals surface area contributed by atoms with Crippen molar-refractivity contribution in [3.05, 3.63) is 41.5 Å². The third-order valence-electron chi connectivity index (χ3n) is 3.62. The Kier molecular flexibility index (Phi) is 5.74. The second kappa shape index (κ2) is 7.78. The molecule has 25 heavy (non-hydrogen) atoms. The molecule has 0 aliphatic heterocycles. The van der Waals surface area contributed by atoms with Crippen molar-refractivity contribution in [1.29, 1.82) is 0 Å². The van der Waals surface area contributed by atoms with E-state index in [9.17, 15) is 14.0 Å². The third-order valence-corrected chi connectivity index (χ3v) is 3.62. The van der Waals surface area contributed by atoms with Crippen molar-refractivity contribution in [2.45, 2.75) is 26.9 Å². The topological polar surface area (TPSA) is 82.5 Å². The molecule has 1 atom stereocenters. The number of carbonyl (C=O) groups excluding carboxylic acids is 2. The maximum Gasteiger partial charge on any atom is 0.344 e. The molecule has 0 fully saturated rings. The molecule has 0 saturated heterocycles. The summed E-state index contributed by atoms with van der Waals surface area (Å²) in [4.78, 5) is 23.9. The van der Waals surface area contributed by atoms with E-state index in [1.807, 2.05) is 6.92 Å². The molecule has 1 aromatic heterocycles. The highest BCUT2D eigenvalue weighted by Gasteiger charge is 2.21. The van der Waals surface area contributed by atoms with E-state index in [1.54, 1.807) is 24.7 Å². The van der Waals surface area contributed by atoms with Gasteiger partial charge in [-0.05, 0) is 32.9 Å². The Hall–Kier alpha value is -2.90. The van der Waals surface area contributed by atoms with E-state index in [4.69, 9.17) is 9.47 Å². The molecule has 134 valence electrons. The van der Waals surface area contributed by atoms with Crippen molar-refractivity contribution in [3.63, 3.8) is 0 Å². The van der Waals surface area contributed by atoms with Gasteiger partial charge in [0.05, 0.1) is 17.1 Å². The number of nitrogens with zero attached hydrogens (tertiary/aromatic N) is 2. The Bertz CT molecular complexity index is 788. The van der Waals surface area contributed by atoms with Crippen molar-refractivity contribution in [2.75, 3.05) is 11.9 Å².